The topological polar surface area (TPSA) is 52.0 Å². The van der Waals surface area contributed by atoms with Crippen LogP contribution in [0, 0.1) is 0 Å². The number of allylic oxidation sites excluding steroid dienone is 4. The van der Waals surface area contributed by atoms with Crippen LogP contribution in [-0.2, 0) is 31.1 Å². The average Bonchev–Trinajstić information content (AvgIpc) is 3.30. The van der Waals surface area contributed by atoms with Crippen molar-refractivity contribution in [2.24, 2.45) is 0 Å². The number of nitrogens with two attached hydrogens (primary N) is 2. The molecular formula is C41H38N2. The third-order valence-electron chi connectivity index (χ3n) is 8.94. The van der Waals surface area contributed by atoms with Crippen LogP contribution in [-0.4, -0.2) is 0 Å². The summed E-state index contributed by atoms with van der Waals surface area (Å²) in [7, 11) is 0. The van der Waals surface area contributed by atoms with Crippen molar-refractivity contribution in [2.75, 3.05) is 11.5 Å². The van der Waals surface area contributed by atoms with Crippen molar-refractivity contribution in [2.45, 2.75) is 31.1 Å². The first kappa shape index (κ1) is 28.1. The molecule has 0 aliphatic heterocycles. The molecule has 212 valence electrons. The van der Waals surface area contributed by atoms with Crippen LogP contribution in [0.5, 0.6) is 0 Å². The Morgan fingerprint density at radius 1 is 0.488 bits per heavy atom. The lowest BCUT2D eigenvalue weighted by Crippen LogP contribution is -2.30. The lowest BCUT2D eigenvalue weighted by atomic mass is 9.66. The Bertz CT molecular complexity index is 1790. The second kappa shape index (κ2) is 11.3. The van der Waals surface area contributed by atoms with Gasteiger partial charge in [0.25, 0.3) is 0 Å². The number of rotatable bonds is 10. The smallest absolute Gasteiger partial charge is 0.0714 e. The molecule has 0 heterocycles. The third kappa shape index (κ3) is 4.42. The normalized spacial score (nSPS) is 12.8. The van der Waals surface area contributed by atoms with Crippen molar-refractivity contribution < 1.29 is 0 Å². The molecule has 0 bridgehead atoms. The average molecular weight is 559 g/mol. The molecule has 0 amide bonds. The van der Waals surface area contributed by atoms with Gasteiger partial charge in [-0.15, -0.1) is 26.3 Å². The Labute approximate surface area is 255 Å². The minimum Gasteiger partial charge on any atom is -0.398 e. The van der Waals surface area contributed by atoms with Gasteiger partial charge in [0.1, 0.15) is 0 Å². The zero-order valence-corrected chi connectivity index (χ0v) is 24.7. The van der Waals surface area contributed by atoms with Crippen LogP contribution in [0.1, 0.15) is 44.5 Å². The van der Waals surface area contributed by atoms with Gasteiger partial charge in [-0.1, -0.05) is 97.1 Å². The fourth-order valence-corrected chi connectivity index (χ4v) is 7.04. The second-order valence-corrected chi connectivity index (χ2v) is 11.4. The maximum Gasteiger partial charge on any atom is 0.0714 e. The van der Waals surface area contributed by atoms with Crippen molar-refractivity contribution in [3.05, 3.63) is 180 Å². The Kier molecular flexibility index (Phi) is 7.38. The van der Waals surface area contributed by atoms with E-state index in [2.05, 4.69) is 111 Å². The standard InChI is InChI=1S/C41H38N2/c1-5-13-29-21-33(22-30(14-6-2)39(29)42)41(34-23-31(15-7-3)40(43)32(24-34)16-8-4)37-20-12-11-19-35(37)36-25-27-17-9-10-18-28(27)26-38(36)41/h5-12,17-26H,1-4,13-16,42-43H2. The van der Waals surface area contributed by atoms with Crippen molar-refractivity contribution in [3.8, 4) is 11.1 Å². The highest BCUT2D eigenvalue weighted by molar-refractivity contribution is 5.96. The van der Waals surface area contributed by atoms with E-state index in [0.717, 1.165) is 33.6 Å². The first-order chi connectivity index (χ1) is 21.0. The molecule has 1 aliphatic carbocycles. The van der Waals surface area contributed by atoms with Crippen LogP contribution >= 0.6 is 0 Å². The van der Waals surface area contributed by atoms with Crippen molar-refractivity contribution >= 4 is 22.1 Å². The number of hydrogen-bond acceptors (Lipinski definition) is 2. The van der Waals surface area contributed by atoms with E-state index in [4.69, 9.17) is 11.5 Å². The first-order valence-electron chi connectivity index (χ1n) is 14.9. The third-order valence-corrected chi connectivity index (χ3v) is 8.94. The molecule has 6 rings (SSSR count). The maximum atomic E-state index is 6.78. The largest absolute Gasteiger partial charge is 0.398 e. The van der Waals surface area contributed by atoms with Crippen LogP contribution in [0.15, 0.2) is 136 Å². The number of fused-ring (bicyclic) bond motifs is 4. The minimum atomic E-state index is -0.616. The van der Waals surface area contributed by atoms with Crippen LogP contribution < -0.4 is 11.5 Å². The number of nitrogen functional groups attached to an aromatic ring is 2. The SMILES string of the molecule is C=CCc1cc(C2(c3cc(CC=C)c(N)c(CC=C)c3)c3ccccc3-c3cc4ccccc4cc32)cc(CC=C)c1N. The lowest BCUT2D eigenvalue weighted by molar-refractivity contribution is 0.763. The number of anilines is 2. The summed E-state index contributed by atoms with van der Waals surface area (Å²) in [4.78, 5) is 0. The quantitative estimate of drug-likeness (QED) is 0.130. The highest BCUT2D eigenvalue weighted by Crippen LogP contribution is 2.58. The molecule has 1 aliphatic rings. The molecule has 0 fully saturated rings. The van der Waals surface area contributed by atoms with Gasteiger partial charge in [0.05, 0.1) is 5.41 Å². The molecular weight excluding hydrogens is 520 g/mol. The van der Waals surface area contributed by atoms with E-state index in [-0.39, 0.29) is 0 Å². The highest BCUT2D eigenvalue weighted by atomic mass is 14.6. The molecule has 43 heavy (non-hydrogen) atoms. The van der Waals surface area contributed by atoms with E-state index in [1.54, 1.807) is 0 Å². The van der Waals surface area contributed by atoms with Crippen LogP contribution in [0.25, 0.3) is 21.9 Å². The summed E-state index contributed by atoms with van der Waals surface area (Å²) in [6.07, 6.45) is 10.4. The van der Waals surface area contributed by atoms with Gasteiger partial charge in [0.15, 0.2) is 0 Å². The molecule has 5 aromatic rings. The van der Waals surface area contributed by atoms with Crippen LogP contribution in [0.4, 0.5) is 11.4 Å². The molecule has 0 spiro atoms. The van der Waals surface area contributed by atoms with Gasteiger partial charge in [0.2, 0.25) is 0 Å². The molecule has 4 N–H and O–H groups in total. The molecule has 0 radical (unpaired) electrons. The fourth-order valence-electron chi connectivity index (χ4n) is 7.04. The lowest BCUT2D eigenvalue weighted by Gasteiger charge is -2.36. The van der Waals surface area contributed by atoms with E-state index < -0.39 is 5.41 Å². The van der Waals surface area contributed by atoms with Gasteiger partial charge in [0, 0.05) is 11.4 Å². The monoisotopic (exact) mass is 558 g/mol. The summed E-state index contributed by atoms with van der Waals surface area (Å²) in [6, 6.07) is 31.4. The van der Waals surface area contributed by atoms with Crippen molar-refractivity contribution in [1.29, 1.82) is 0 Å². The van der Waals surface area contributed by atoms with E-state index in [1.165, 1.54) is 44.2 Å². The molecule has 0 unspecified atom stereocenters. The molecule has 0 aromatic heterocycles. The van der Waals surface area contributed by atoms with Gasteiger partial charge < -0.3 is 11.5 Å². The van der Waals surface area contributed by atoms with Crippen molar-refractivity contribution in [1.82, 2.24) is 0 Å². The van der Waals surface area contributed by atoms with Gasteiger partial charge in [-0.25, -0.2) is 0 Å². The molecule has 0 saturated carbocycles. The van der Waals surface area contributed by atoms with E-state index >= 15 is 0 Å². The van der Waals surface area contributed by atoms with Crippen LogP contribution in [0.3, 0.4) is 0 Å². The Morgan fingerprint density at radius 2 is 0.907 bits per heavy atom. The summed E-state index contributed by atoms with van der Waals surface area (Å²) in [6.45, 7) is 16.2. The van der Waals surface area contributed by atoms with Gasteiger partial charge in [-0.3, -0.25) is 0 Å². The second-order valence-electron chi connectivity index (χ2n) is 11.4. The van der Waals surface area contributed by atoms with Gasteiger partial charge in [-0.05, 0) is 104 Å². The Hall–Kier alpha value is -5.08. The van der Waals surface area contributed by atoms with Crippen molar-refractivity contribution in [3.63, 3.8) is 0 Å². The van der Waals surface area contributed by atoms with Crippen LogP contribution in [0.2, 0.25) is 0 Å². The predicted octanol–water partition coefficient (Wildman–Crippen LogP) is 9.28. The predicted molar refractivity (Wildman–Crippen MR) is 186 cm³/mol. The first-order valence-corrected chi connectivity index (χ1v) is 14.9. The summed E-state index contributed by atoms with van der Waals surface area (Å²) in [5.74, 6) is 0. The van der Waals surface area contributed by atoms with Gasteiger partial charge >= 0.3 is 0 Å². The summed E-state index contributed by atoms with van der Waals surface area (Å²) < 4.78 is 0. The molecule has 2 nitrogen and oxygen atoms in total. The van der Waals surface area contributed by atoms with Gasteiger partial charge in [-0.2, -0.15) is 0 Å². The fraction of sp³-hybridized carbons (Fsp3) is 0.122. The molecule has 5 aromatic carbocycles. The summed E-state index contributed by atoms with van der Waals surface area (Å²) in [5, 5.41) is 2.43. The Morgan fingerprint density at radius 3 is 1.37 bits per heavy atom. The zero-order valence-electron chi connectivity index (χ0n) is 24.7. The maximum absolute atomic E-state index is 6.78. The number of benzene rings is 5. The molecule has 0 atom stereocenters. The minimum absolute atomic E-state index is 0.616. The molecule has 0 saturated heterocycles. The zero-order chi connectivity index (χ0) is 30.1. The van der Waals surface area contributed by atoms with E-state index in [1.807, 2.05) is 24.3 Å². The number of hydrogen-bond donors (Lipinski definition) is 2. The van der Waals surface area contributed by atoms with E-state index in [0.29, 0.717) is 25.7 Å². The van der Waals surface area contributed by atoms with E-state index in [9.17, 15) is 0 Å². The summed E-state index contributed by atoms with van der Waals surface area (Å²) >= 11 is 0. The molecule has 2 heteroatoms. The highest BCUT2D eigenvalue weighted by Gasteiger charge is 2.47. The Balaban J connectivity index is 1.84. The summed E-state index contributed by atoms with van der Waals surface area (Å²) in [5.41, 5.74) is 26.2.